The number of guanidine groups is 1. The summed E-state index contributed by atoms with van der Waals surface area (Å²) in [6, 6.07) is -0.580. The van der Waals surface area contributed by atoms with E-state index in [2.05, 4.69) is 5.32 Å². The minimum absolute atomic E-state index is 0.0743. The molecule has 0 amide bonds. The second kappa shape index (κ2) is 11.6. The molecule has 0 fully saturated rings. The van der Waals surface area contributed by atoms with Crippen molar-refractivity contribution in [3.63, 3.8) is 0 Å². The summed E-state index contributed by atoms with van der Waals surface area (Å²) in [5.74, 6) is -1.29. The molecule has 1 unspecified atom stereocenters. The average Bonchev–Trinajstić information content (AvgIpc) is 2.23. The van der Waals surface area contributed by atoms with E-state index >= 15 is 0 Å². The zero-order chi connectivity index (χ0) is 14.6. The maximum atomic E-state index is 11.0. The quantitative estimate of drug-likeness (QED) is 0.182. The van der Waals surface area contributed by atoms with Gasteiger partial charge in [0.1, 0.15) is 6.04 Å². The van der Waals surface area contributed by atoms with Crippen molar-refractivity contribution in [2.75, 3.05) is 13.2 Å². The smallest absolute Gasteiger partial charge is 0.322 e. The first-order valence-electron chi connectivity index (χ1n) is 5.50. The van der Waals surface area contributed by atoms with Crippen LogP contribution in [-0.4, -0.2) is 42.2 Å². The van der Waals surface area contributed by atoms with Gasteiger partial charge in [-0.2, -0.15) is 0 Å². The molecular formula is C10H22N4O4. The van der Waals surface area contributed by atoms with Crippen molar-refractivity contribution >= 4 is 17.9 Å². The Bertz CT molecular complexity index is 267. The number of carbonyl (C=O) groups excluding carboxylic acids is 1. The second-order valence-corrected chi connectivity index (χ2v) is 3.36. The number of carboxylic acid groups (broad SMARTS) is 1. The van der Waals surface area contributed by atoms with Crippen LogP contribution in [0.15, 0.2) is 0 Å². The van der Waals surface area contributed by atoms with Gasteiger partial charge in [0.25, 0.3) is 5.97 Å². The molecule has 0 aliphatic heterocycles. The van der Waals surface area contributed by atoms with Crippen LogP contribution < -0.4 is 16.8 Å². The summed E-state index contributed by atoms with van der Waals surface area (Å²) in [5.41, 5.74) is 10.6. The standard InChI is InChI=1S/C8H18N4O2.C2H4O2/c1-2-14-7(13)6(9)4-3-5-12-8(10)11;1-2(3)4/h6H,2-5,9H2,1H3,(H4,10,11,12);1H3,(H,3,4). The van der Waals surface area contributed by atoms with Gasteiger partial charge < -0.3 is 26.6 Å². The van der Waals surface area contributed by atoms with Crippen LogP contribution in [0.5, 0.6) is 0 Å². The van der Waals surface area contributed by atoms with Crippen LogP contribution in [0.25, 0.3) is 0 Å². The Morgan fingerprint density at radius 1 is 1.50 bits per heavy atom. The summed E-state index contributed by atoms with van der Waals surface area (Å²) < 4.78 is 4.73. The number of nitrogens with one attached hydrogen (secondary N) is 2. The van der Waals surface area contributed by atoms with Crippen molar-refractivity contribution in [3.8, 4) is 0 Å². The van der Waals surface area contributed by atoms with Gasteiger partial charge in [-0.15, -0.1) is 0 Å². The first-order valence-corrected chi connectivity index (χ1v) is 5.50. The van der Waals surface area contributed by atoms with E-state index in [1.807, 2.05) is 0 Å². The molecule has 7 N–H and O–H groups in total. The lowest BCUT2D eigenvalue weighted by molar-refractivity contribution is -0.144. The normalized spacial score (nSPS) is 10.6. The van der Waals surface area contributed by atoms with Gasteiger partial charge in [-0.05, 0) is 19.8 Å². The van der Waals surface area contributed by atoms with E-state index in [0.29, 0.717) is 26.0 Å². The highest BCUT2D eigenvalue weighted by Crippen LogP contribution is 1.95. The van der Waals surface area contributed by atoms with Crippen LogP contribution in [0.1, 0.15) is 26.7 Å². The average molecular weight is 262 g/mol. The summed E-state index contributed by atoms with van der Waals surface area (Å²) in [5, 5.41) is 16.9. The predicted octanol–water partition coefficient (Wildman–Crippen LogP) is -0.769. The van der Waals surface area contributed by atoms with E-state index in [4.69, 9.17) is 31.5 Å². The van der Waals surface area contributed by atoms with Crippen LogP contribution in [0.2, 0.25) is 0 Å². The lowest BCUT2D eigenvalue weighted by Crippen LogP contribution is -2.35. The molecule has 0 spiro atoms. The summed E-state index contributed by atoms with van der Waals surface area (Å²) in [7, 11) is 0. The number of esters is 1. The molecule has 0 aliphatic carbocycles. The molecule has 0 aliphatic rings. The third-order valence-electron chi connectivity index (χ3n) is 1.60. The zero-order valence-electron chi connectivity index (χ0n) is 10.7. The Morgan fingerprint density at radius 2 is 2.00 bits per heavy atom. The van der Waals surface area contributed by atoms with Crippen LogP contribution >= 0.6 is 0 Å². The van der Waals surface area contributed by atoms with Gasteiger partial charge in [0.05, 0.1) is 6.61 Å². The highest BCUT2D eigenvalue weighted by atomic mass is 16.5. The monoisotopic (exact) mass is 262 g/mol. The summed E-state index contributed by atoms with van der Waals surface area (Å²) in [6.07, 6.45) is 1.21. The summed E-state index contributed by atoms with van der Waals surface area (Å²) >= 11 is 0. The van der Waals surface area contributed by atoms with Crippen LogP contribution in [-0.2, 0) is 14.3 Å². The Kier molecular flexibility index (Phi) is 12.0. The number of hydrogen-bond donors (Lipinski definition) is 5. The molecule has 1 atom stereocenters. The number of ether oxygens (including phenoxy) is 1. The number of aliphatic carboxylic acids is 1. The van der Waals surface area contributed by atoms with Gasteiger partial charge in [0, 0.05) is 13.5 Å². The van der Waals surface area contributed by atoms with Gasteiger partial charge >= 0.3 is 5.97 Å². The van der Waals surface area contributed by atoms with Crippen LogP contribution in [0.3, 0.4) is 0 Å². The van der Waals surface area contributed by atoms with Gasteiger partial charge in [0.2, 0.25) is 0 Å². The number of carbonyl (C=O) groups is 2. The Morgan fingerprint density at radius 3 is 2.39 bits per heavy atom. The maximum absolute atomic E-state index is 11.0. The molecule has 0 radical (unpaired) electrons. The second-order valence-electron chi connectivity index (χ2n) is 3.36. The molecule has 0 aromatic heterocycles. The summed E-state index contributed by atoms with van der Waals surface area (Å²) in [4.78, 5) is 20.0. The highest BCUT2D eigenvalue weighted by molar-refractivity contribution is 5.75. The van der Waals surface area contributed by atoms with Crippen molar-refractivity contribution in [1.29, 1.82) is 5.41 Å². The predicted molar refractivity (Wildman–Crippen MR) is 67.1 cm³/mol. The molecule has 18 heavy (non-hydrogen) atoms. The molecular weight excluding hydrogens is 240 g/mol. The molecule has 0 rings (SSSR count). The molecule has 0 aromatic carbocycles. The highest BCUT2D eigenvalue weighted by Gasteiger charge is 2.13. The van der Waals surface area contributed by atoms with Gasteiger partial charge in [-0.3, -0.25) is 15.0 Å². The lowest BCUT2D eigenvalue weighted by Gasteiger charge is -2.10. The van der Waals surface area contributed by atoms with E-state index in [-0.39, 0.29) is 11.9 Å². The fourth-order valence-corrected chi connectivity index (χ4v) is 0.912. The van der Waals surface area contributed by atoms with E-state index in [1.165, 1.54) is 0 Å². The molecule has 8 nitrogen and oxygen atoms in total. The summed E-state index contributed by atoms with van der Waals surface area (Å²) in [6.45, 7) is 3.71. The molecule has 0 heterocycles. The molecule has 0 saturated carbocycles. The van der Waals surface area contributed by atoms with Crippen molar-refractivity contribution in [2.45, 2.75) is 32.7 Å². The minimum atomic E-state index is -0.833. The third-order valence-corrected chi connectivity index (χ3v) is 1.60. The molecule has 0 aromatic rings. The number of hydrogen-bond acceptors (Lipinski definition) is 5. The fourth-order valence-electron chi connectivity index (χ4n) is 0.912. The zero-order valence-corrected chi connectivity index (χ0v) is 10.7. The van der Waals surface area contributed by atoms with E-state index < -0.39 is 12.0 Å². The first-order chi connectivity index (χ1) is 8.31. The number of carboxylic acids is 1. The molecule has 8 heteroatoms. The fraction of sp³-hybridized carbons (Fsp3) is 0.700. The SMILES string of the molecule is CC(=O)O.CCOC(=O)C(N)CCCNC(=N)N. The van der Waals surface area contributed by atoms with Crippen LogP contribution in [0, 0.1) is 5.41 Å². The van der Waals surface area contributed by atoms with Gasteiger partial charge in [-0.1, -0.05) is 0 Å². The Balaban J connectivity index is 0. The topological polar surface area (TPSA) is 152 Å². The van der Waals surface area contributed by atoms with Gasteiger partial charge in [0.15, 0.2) is 5.96 Å². The molecule has 0 saturated heterocycles. The third kappa shape index (κ3) is 16.6. The lowest BCUT2D eigenvalue weighted by atomic mass is 10.2. The first kappa shape index (κ1) is 18.5. The molecule has 106 valence electrons. The maximum Gasteiger partial charge on any atom is 0.322 e. The van der Waals surface area contributed by atoms with Crippen molar-refractivity contribution in [2.24, 2.45) is 11.5 Å². The van der Waals surface area contributed by atoms with Crippen molar-refractivity contribution in [1.82, 2.24) is 5.32 Å². The number of nitrogens with two attached hydrogens (primary N) is 2. The van der Waals surface area contributed by atoms with Crippen molar-refractivity contribution < 1.29 is 19.4 Å². The van der Waals surface area contributed by atoms with Crippen LogP contribution in [0.4, 0.5) is 0 Å². The van der Waals surface area contributed by atoms with Crippen molar-refractivity contribution in [3.05, 3.63) is 0 Å². The van der Waals surface area contributed by atoms with Gasteiger partial charge in [-0.25, -0.2) is 0 Å². The number of rotatable bonds is 6. The Labute approximate surface area is 106 Å². The molecule has 0 bridgehead atoms. The largest absolute Gasteiger partial charge is 0.481 e. The van der Waals surface area contributed by atoms with E-state index in [9.17, 15) is 4.79 Å². The Hall–Kier alpha value is -1.83. The van der Waals surface area contributed by atoms with E-state index in [1.54, 1.807) is 6.92 Å². The van der Waals surface area contributed by atoms with E-state index in [0.717, 1.165) is 6.92 Å². The minimum Gasteiger partial charge on any atom is -0.481 e.